The zero-order chi connectivity index (χ0) is 21.8. The number of likely N-dealkylation sites (tertiary alicyclic amines) is 1. The molecule has 1 aromatic carbocycles. The van der Waals surface area contributed by atoms with E-state index in [4.69, 9.17) is 19.8 Å². The molecule has 0 spiro atoms. The summed E-state index contributed by atoms with van der Waals surface area (Å²) in [6.07, 6.45) is 4.27. The lowest BCUT2D eigenvalue weighted by molar-refractivity contribution is -0.159. The van der Waals surface area contributed by atoms with Crippen molar-refractivity contribution in [3.8, 4) is 0 Å². The number of nitrogens with zero attached hydrogens (tertiary/aromatic N) is 2. The largest absolute Gasteiger partial charge is 0.473 e. The molecule has 1 heterocycles. The predicted octanol–water partition coefficient (Wildman–Crippen LogP) is 2.92. The van der Waals surface area contributed by atoms with Crippen molar-refractivity contribution >= 4 is 17.8 Å². The number of carboxylic acid groups (broad SMARTS) is 2. The molecule has 7 nitrogen and oxygen atoms in total. The maximum atomic E-state index is 12.5. The van der Waals surface area contributed by atoms with Crippen LogP contribution in [0.2, 0.25) is 0 Å². The van der Waals surface area contributed by atoms with Crippen LogP contribution >= 0.6 is 0 Å². The molecule has 162 valence electrons. The minimum absolute atomic E-state index is 0.236. The fraction of sp³-hybridized carbons (Fsp3) is 0.591. The van der Waals surface area contributed by atoms with Crippen LogP contribution in [0.1, 0.15) is 51.0 Å². The zero-order valence-corrected chi connectivity index (χ0v) is 17.7. The first-order valence-electron chi connectivity index (χ1n) is 10.2. The normalized spacial score (nSPS) is 15.7. The molecule has 1 aromatic rings. The first-order chi connectivity index (χ1) is 13.8. The average molecular weight is 407 g/mol. The molecule has 0 aromatic heterocycles. The smallest absolute Gasteiger partial charge is 0.414 e. The van der Waals surface area contributed by atoms with E-state index in [9.17, 15) is 4.79 Å². The molecule has 1 saturated heterocycles. The van der Waals surface area contributed by atoms with Crippen LogP contribution in [0, 0.1) is 5.92 Å². The molecular formula is C22H34N2O5. The topological polar surface area (TPSA) is 98.2 Å². The van der Waals surface area contributed by atoms with E-state index in [0.717, 1.165) is 51.9 Å². The summed E-state index contributed by atoms with van der Waals surface area (Å²) in [5.41, 5.74) is 1.41. The van der Waals surface area contributed by atoms with Gasteiger partial charge >= 0.3 is 11.9 Å². The summed E-state index contributed by atoms with van der Waals surface area (Å²) < 4.78 is 0. The summed E-state index contributed by atoms with van der Waals surface area (Å²) >= 11 is 0. The average Bonchev–Trinajstić information content (AvgIpc) is 2.73. The van der Waals surface area contributed by atoms with Crippen molar-refractivity contribution in [2.45, 2.75) is 45.4 Å². The molecule has 2 rings (SSSR count). The van der Waals surface area contributed by atoms with Gasteiger partial charge in [0.15, 0.2) is 0 Å². The Hall–Kier alpha value is -2.41. The van der Waals surface area contributed by atoms with Gasteiger partial charge in [-0.3, -0.25) is 4.79 Å². The second-order valence-corrected chi connectivity index (χ2v) is 7.61. The molecule has 29 heavy (non-hydrogen) atoms. The van der Waals surface area contributed by atoms with E-state index >= 15 is 0 Å². The number of piperidine rings is 1. The highest BCUT2D eigenvalue weighted by Gasteiger charge is 2.27. The van der Waals surface area contributed by atoms with Crippen LogP contribution in [0.25, 0.3) is 0 Å². The van der Waals surface area contributed by atoms with Gasteiger partial charge in [0.05, 0.1) is 0 Å². The molecule has 0 radical (unpaired) electrons. The number of rotatable bonds is 7. The molecule has 1 aliphatic rings. The lowest BCUT2D eigenvalue weighted by atomic mass is 9.93. The Morgan fingerprint density at radius 2 is 1.66 bits per heavy atom. The number of carboxylic acids is 2. The molecule has 1 fully saturated rings. The van der Waals surface area contributed by atoms with Crippen molar-refractivity contribution in [1.29, 1.82) is 0 Å². The number of carbonyl (C=O) groups is 3. The highest BCUT2D eigenvalue weighted by molar-refractivity contribution is 6.27. The Bertz CT molecular complexity index is 630. The Labute approximate surface area is 173 Å². The fourth-order valence-corrected chi connectivity index (χ4v) is 3.45. The van der Waals surface area contributed by atoms with E-state index in [1.54, 1.807) is 0 Å². The van der Waals surface area contributed by atoms with E-state index in [2.05, 4.69) is 49.1 Å². The second-order valence-electron chi connectivity index (χ2n) is 7.61. The molecule has 0 aliphatic carbocycles. The summed E-state index contributed by atoms with van der Waals surface area (Å²) in [6.45, 7) is 8.57. The van der Waals surface area contributed by atoms with Gasteiger partial charge in [-0.05, 0) is 43.8 Å². The Morgan fingerprint density at radius 1 is 1.10 bits per heavy atom. The van der Waals surface area contributed by atoms with Crippen molar-refractivity contribution in [2.24, 2.45) is 5.92 Å². The molecule has 1 unspecified atom stereocenters. The van der Waals surface area contributed by atoms with Crippen LogP contribution in [0.5, 0.6) is 0 Å². The zero-order valence-electron chi connectivity index (χ0n) is 17.7. The first-order valence-corrected chi connectivity index (χ1v) is 10.2. The molecule has 0 saturated carbocycles. The van der Waals surface area contributed by atoms with Crippen molar-refractivity contribution in [3.63, 3.8) is 0 Å². The molecule has 1 amide bonds. The molecular weight excluding hydrogens is 372 g/mol. The van der Waals surface area contributed by atoms with Gasteiger partial charge in [-0.25, -0.2) is 9.59 Å². The highest BCUT2D eigenvalue weighted by atomic mass is 16.4. The predicted molar refractivity (Wildman–Crippen MR) is 112 cm³/mol. The maximum Gasteiger partial charge on any atom is 0.414 e. The monoisotopic (exact) mass is 406 g/mol. The minimum Gasteiger partial charge on any atom is -0.473 e. The molecule has 1 aliphatic heterocycles. The van der Waals surface area contributed by atoms with Crippen molar-refractivity contribution in [3.05, 3.63) is 35.9 Å². The summed E-state index contributed by atoms with van der Waals surface area (Å²) in [4.78, 5) is 35.1. The van der Waals surface area contributed by atoms with Gasteiger partial charge in [0.1, 0.15) is 0 Å². The third-order valence-corrected chi connectivity index (χ3v) is 5.24. The Kier molecular flexibility index (Phi) is 11.0. The van der Waals surface area contributed by atoms with E-state index in [-0.39, 0.29) is 5.92 Å². The molecule has 1 atom stereocenters. The van der Waals surface area contributed by atoms with Crippen molar-refractivity contribution in [1.82, 2.24) is 9.80 Å². The molecule has 0 bridgehead atoms. The summed E-state index contributed by atoms with van der Waals surface area (Å²) in [6, 6.07) is 10.7. The van der Waals surface area contributed by atoms with Gasteiger partial charge in [-0.2, -0.15) is 0 Å². The lowest BCUT2D eigenvalue weighted by Crippen LogP contribution is -2.42. The van der Waals surface area contributed by atoms with Crippen LogP contribution in [0.4, 0.5) is 0 Å². The maximum absolute atomic E-state index is 12.5. The number of unbranched alkanes of at least 4 members (excludes halogenated alkanes) is 1. The van der Waals surface area contributed by atoms with Crippen LogP contribution in [0.15, 0.2) is 30.3 Å². The second kappa shape index (κ2) is 12.9. The first kappa shape index (κ1) is 24.6. The standard InChI is InChI=1S/C20H32N2O.C2H2O4/c1-4-5-13-21(3)20(23)19-11-14-22(15-12-19)16-17(2)18-9-7-6-8-10-18;3-1(4)2(5)6/h6-10,17,19H,4-5,11-16H2,1-3H3;(H,3,4)(H,5,6). The number of hydrogen-bond donors (Lipinski definition) is 2. The number of benzene rings is 1. The SMILES string of the molecule is CCCCN(C)C(=O)C1CCN(CC(C)c2ccccc2)CC1.O=C(O)C(=O)O. The van der Waals surface area contributed by atoms with E-state index < -0.39 is 11.9 Å². The third-order valence-electron chi connectivity index (χ3n) is 5.24. The molecule has 2 N–H and O–H groups in total. The lowest BCUT2D eigenvalue weighted by Gasteiger charge is -2.34. The van der Waals surface area contributed by atoms with Gasteiger partial charge in [0, 0.05) is 26.1 Å². The van der Waals surface area contributed by atoms with Crippen molar-refractivity contribution in [2.75, 3.05) is 33.2 Å². The fourth-order valence-electron chi connectivity index (χ4n) is 3.45. The van der Waals surface area contributed by atoms with Gasteiger partial charge in [0.2, 0.25) is 5.91 Å². The van der Waals surface area contributed by atoms with Crippen LogP contribution < -0.4 is 0 Å². The number of carbonyl (C=O) groups excluding carboxylic acids is 1. The van der Waals surface area contributed by atoms with Gasteiger partial charge in [0.25, 0.3) is 0 Å². The van der Waals surface area contributed by atoms with E-state index in [1.807, 2.05) is 11.9 Å². The van der Waals surface area contributed by atoms with Crippen LogP contribution in [0.3, 0.4) is 0 Å². The quantitative estimate of drug-likeness (QED) is 0.676. The summed E-state index contributed by atoms with van der Waals surface area (Å²) in [5, 5.41) is 14.8. The minimum atomic E-state index is -1.82. The van der Waals surface area contributed by atoms with Crippen LogP contribution in [-0.2, 0) is 14.4 Å². The Balaban J connectivity index is 0.000000612. The highest BCUT2D eigenvalue weighted by Crippen LogP contribution is 2.23. The van der Waals surface area contributed by atoms with Gasteiger partial charge in [-0.15, -0.1) is 0 Å². The summed E-state index contributed by atoms with van der Waals surface area (Å²) in [5.74, 6) is -2.50. The molecule has 7 heteroatoms. The van der Waals surface area contributed by atoms with Gasteiger partial charge in [-0.1, -0.05) is 50.6 Å². The number of hydrogen-bond acceptors (Lipinski definition) is 4. The number of aliphatic carboxylic acids is 2. The summed E-state index contributed by atoms with van der Waals surface area (Å²) in [7, 11) is 1.96. The van der Waals surface area contributed by atoms with E-state index in [1.165, 1.54) is 5.56 Å². The van der Waals surface area contributed by atoms with E-state index in [0.29, 0.717) is 11.8 Å². The van der Waals surface area contributed by atoms with Crippen LogP contribution in [-0.4, -0.2) is 71.1 Å². The van der Waals surface area contributed by atoms with Crippen molar-refractivity contribution < 1.29 is 24.6 Å². The number of amides is 1. The third kappa shape index (κ3) is 9.09. The van der Waals surface area contributed by atoms with Gasteiger partial charge < -0.3 is 20.0 Å². The Morgan fingerprint density at radius 3 is 2.14 bits per heavy atom.